The van der Waals surface area contributed by atoms with Crippen molar-refractivity contribution in [1.82, 2.24) is 15.0 Å². The third-order valence-corrected chi connectivity index (χ3v) is 6.10. The monoisotopic (exact) mass is 442 g/mol. The summed E-state index contributed by atoms with van der Waals surface area (Å²) in [6.07, 6.45) is 5.92. The molecule has 4 rings (SSSR count). The first kappa shape index (κ1) is 21.3. The Balaban J connectivity index is 1.64. The molecule has 3 aromatic rings. The van der Waals surface area contributed by atoms with Crippen molar-refractivity contribution < 1.29 is 13.2 Å². The maximum absolute atomic E-state index is 10.9. The van der Waals surface area contributed by atoms with Crippen LogP contribution in [0, 0.1) is 6.92 Å². The molecular weight excluding hydrogens is 416 g/mol. The van der Waals surface area contributed by atoms with Gasteiger partial charge >= 0.3 is 0 Å². The number of anilines is 2. The lowest BCUT2D eigenvalue weighted by molar-refractivity contribution is 0.400. The number of rotatable bonds is 6. The summed E-state index contributed by atoms with van der Waals surface area (Å²) in [6.45, 7) is 2.00. The van der Waals surface area contributed by atoms with Crippen LogP contribution in [0.2, 0.25) is 0 Å². The molecule has 0 radical (unpaired) electrons. The van der Waals surface area contributed by atoms with Gasteiger partial charge in [0.15, 0.2) is 0 Å². The van der Waals surface area contributed by atoms with E-state index in [2.05, 4.69) is 20.0 Å². The number of ether oxygens (including phenoxy) is 1. The Morgan fingerprint density at radius 3 is 2.52 bits per heavy atom. The van der Waals surface area contributed by atoms with E-state index in [1.165, 1.54) is 7.11 Å². The lowest BCUT2D eigenvalue weighted by Gasteiger charge is -2.26. The Kier molecular flexibility index (Phi) is 6.19. The van der Waals surface area contributed by atoms with Gasteiger partial charge in [-0.25, -0.2) is 18.4 Å². The molecule has 2 heterocycles. The van der Waals surface area contributed by atoms with Gasteiger partial charge in [-0.2, -0.15) is 4.98 Å². The number of benzene rings is 1. The van der Waals surface area contributed by atoms with Gasteiger partial charge in [0, 0.05) is 29.2 Å². The molecular formula is C21H26N6O3S. The van der Waals surface area contributed by atoms with E-state index >= 15 is 0 Å². The topological polar surface area (TPSA) is 132 Å². The van der Waals surface area contributed by atoms with E-state index in [1.54, 1.807) is 12.1 Å². The van der Waals surface area contributed by atoms with E-state index in [0.29, 0.717) is 23.9 Å². The van der Waals surface area contributed by atoms with Crippen LogP contribution in [-0.4, -0.2) is 42.6 Å². The van der Waals surface area contributed by atoms with Gasteiger partial charge in [0.05, 0.1) is 12.6 Å². The number of hydrogen-bond acceptors (Lipinski definition) is 8. The van der Waals surface area contributed by atoms with Gasteiger partial charge < -0.3 is 15.8 Å². The summed E-state index contributed by atoms with van der Waals surface area (Å²) in [5.41, 5.74) is 9.50. The summed E-state index contributed by atoms with van der Waals surface area (Å²) in [6, 6.07) is 7.95. The average molecular weight is 443 g/mol. The van der Waals surface area contributed by atoms with Gasteiger partial charge in [0.2, 0.25) is 22.7 Å². The predicted molar refractivity (Wildman–Crippen MR) is 122 cm³/mol. The number of aryl methyl sites for hydroxylation is 1. The first-order valence-electron chi connectivity index (χ1n) is 10.2. The molecule has 0 saturated heterocycles. The molecule has 1 saturated carbocycles. The number of nitrogens with one attached hydrogen (secondary N) is 2. The maximum Gasteiger partial charge on any atom is 0.223 e. The standard InChI is InChI=1S/C21H26N6O3S/c1-12-15(16-8-10-19(27-31(28)29)26-20(16)30-2)7-9-18-17(12)11-23-21(25-18)24-14-5-3-13(22)4-6-14/h7-11,13-14,31H,3-6,22H2,1-2H3,(H,23,24,25)(H,26,27,28,29)/t13-,14-. The number of thiol groups is 1. The fraction of sp³-hybridized carbons (Fsp3) is 0.381. The molecule has 4 N–H and O–H groups in total. The molecule has 0 aliphatic heterocycles. The van der Waals surface area contributed by atoms with Crippen LogP contribution in [0.3, 0.4) is 0 Å². The molecule has 0 bridgehead atoms. The first-order chi connectivity index (χ1) is 14.9. The Hall–Kier alpha value is -2.98. The molecule has 0 unspecified atom stereocenters. The molecule has 1 aliphatic rings. The number of hydrogen-bond donors (Lipinski definition) is 4. The van der Waals surface area contributed by atoms with Crippen LogP contribution < -0.4 is 20.5 Å². The molecule has 1 aliphatic carbocycles. The van der Waals surface area contributed by atoms with Gasteiger partial charge in [0.1, 0.15) is 5.82 Å². The largest absolute Gasteiger partial charge is 0.480 e. The van der Waals surface area contributed by atoms with Gasteiger partial charge in [-0.1, -0.05) is 6.07 Å². The Morgan fingerprint density at radius 2 is 1.81 bits per heavy atom. The average Bonchev–Trinajstić information content (AvgIpc) is 2.75. The zero-order chi connectivity index (χ0) is 22.0. The summed E-state index contributed by atoms with van der Waals surface area (Å²) >= 11 is 0. The molecule has 164 valence electrons. The van der Waals surface area contributed by atoms with Crippen LogP contribution >= 0.6 is 0 Å². The van der Waals surface area contributed by atoms with E-state index in [-0.39, 0.29) is 5.82 Å². The molecule has 0 amide bonds. The van der Waals surface area contributed by atoms with Crippen molar-refractivity contribution in [3.05, 3.63) is 36.0 Å². The quantitative estimate of drug-likeness (QED) is 0.428. The zero-order valence-corrected chi connectivity index (χ0v) is 18.4. The normalized spacial score (nSPS) is 18.8. The third-order valence-electron chi connectivity index (χ3n) is 5.69. The second-order valence-electron chi connectivity index (χ2n) is 7.74. The molecule has 2 aromatic heterocycles. The number of nitrogens with two attached hydrogens (primary N) is 1. The maximum atomic E-state index is 10.9. The Labute approximate surface area is 182 Å². The van der Waals surface area contributed by atoms with Gasteiger partial charge in [-0.15, -0.1) is 0 Å². The molecule has 1 fully saturated rings. The second-order valence-corrected chi connectivity index (χ2v) is 8.48. The highest BCUT2D eigenvalue weighted by Gasteiger charge is 2.19. The summed E-state index contributed by atoms with van der Waals surface area (Å²) in [7, 11) is -1.29. The van der Waals surface area contributed by atoms with Crippen LogP contribution in [0.15, 0.2) is 30.5 Å². The molecule has 31 heavy (non-hydrogen) atoms. The van der Waals surface area contributed by atoms with E-state index in [0.717, 1.165) is 53.3 Å². The predicted octanol–water partition coefficient (Wildman–Crippen LogP) is 2.63. The molecule has 9 nitrogen and oxygen atoms in total. The summed E-state index contributed by atoms with van der Waals surface area (Å²) in [5, 5.41) is 4.37. The molecule has 1 aromatic carbocycles. The minimum atomic E-state index is -2.80. The van der Waals surface area contributed by atoms with Crippen molar-refractivity contribution in [2.45, 2.75) is 44.7 Å². The van der Waals surface area contributed by atoms with Crippen molar-refractivity contribution in [3.8, 4) is 17.0 Å². The van der Waals surface area contributed by atoms with Crippen molar-refractivity contribution in [2.75, 3.05) is 17.1 Å². The van der Waals surface area contributed by atoms with Crippen LogP contribution in [-0.2, 0) is 10.9 Å². The Morgan fingerprint density at radius 1 is 1.06 bits per heavy atom. The number of nitrogens with zero attached hydrogens (tertiary/aromatic N) is 3. The molecule has 0 atom stereocenters. The van der Waals surface area contributed by atoms with E-state index in [4.69, 9.17) is 15.5 Å². The SMILES string of the molecule is COc1nc(N[SH](=O)=O)ccc1-c1ccc2nc(N[C@H]3CC[C@H](N)CC3)ncc2c1C. The highest BCUT2D eigenvalue weighted by Crippen LogP contribution is 2.35. The summed E-state index contributed by atoms with van der Waals surface area (Å²) < 4.78 is 29.5. The zero-order valence-electron chi connectivity index (χ0n) is 17.5. The van der Waals surface area contributed by atoms with E-state index in [9.17, 15) is 8.42 Å². The highest BCUT2D eigenvalue weighted by atomic mass is 32.2. The van der Waals surface area contributed by atoms with E-state index in [1.807, 2.05) is 25.3 Å². The first-order valence-corrected chi connectivity index (χ1v) is 11.4. The number of methoxy groups -OCH3 is 1. The van der Waals surface area contributed by atoms with Crippen LogP contribution in [0.25, 0.3) is 22.0 Å². The fourth-order valence-corrected chi connectivity index (χ4v) is 4.32. The van der Waals surface area contributed by atoms with Crippen molar-refractivity contribution in [2.24, 2.45) is 5.73 Å². The second kappa shape index (κ2) is 9.03. The van der Waals surface area contributed by atoms with Gasteiger partial charge in [-0.3, -0.25) is 4.72 Å². The fourth-order valence-electron chi connectivity index (χ4n) is 4.01. The van der Waals surface area contributed by atoms with Crippen molar-refractivity contribution >= 4 is 33.6 Å². The lowest BCUT2D eigenvalue weighted by atomic mass is 9.92. The summed E-state index contributed by atoms with van der Waals surface area (Å²) in [4.78, 5) is 13.5. The smallest absolute Gasteiger partial charge is 0.223 e. The number of aromatic nitrogens is 3. The van der Waals surface area contributed by atoms with Gasteiger partial charge in [-0.05, 0) is 61.9 Å². The number of fused-ring (bicyclic) bond motifs is 1. The van der Waals surface area contributed by atoms with Crippen LogP contribution in [0.4, 0.5) is 11.8 Å². The minimum Gasteiger partial charge on any atom is -0.480 e. The minimum absolute atomic E-state index is 0.206. The van der Waals surface area contributed by atoms with Gasteiger partial charge in [0.25, 0.3) is 0 Å². The third kappa shape index (κ3) is 4.70. The number of pyridine rings is 1. The van der Waals surface area contributed by atoms with Crippen molar-refractivity contribution in [1.29, 1.82) is 0 Å². The Bertz CT molecular complexity index is 1170. The van der Waals surface area contributed by atoms with Crippen molar-refractivity contribution in [3.63, 3.8) is 0 Å². The molecule has 0 spiro atoms. The van der Waals surface area contributed by atoms with E-state index < -0.39 is 10.9 Å². The van der Waals surface area contributed by atoms with Crippen LogP contribution in [0.1, 0.15) is 31.2 Å². The highest BCUT2D eigenvalue weighted by molar-refractivity contribution is 7.73. The van der Waals surface area contributed by atoms with Crippen LogP contribution in [0.5, 0.6) is 5.88 Å². The summed E-state index contributed by atoms with van der Waals surface area (Å²) in [5.74, 6) is 1.17. The molecule has 10 heteroatoms. The lowest BCUT2D eigenvalue weighted by Crippen LogP contribution is -2.33.